The van der Waals surface area contributed by atoms with E-state index < -0.39 is 0 Å². The summed E-state index contributed by atoms with van der Waals surface area (Å²) in [5.41, 5.74) is 16.9. The van der Waals surface area contributed by atoms with Crippen LogP contribution in [-0.4, -0.2) is 19.6 Å². The first-order valence-corrected chi connectivity index (χ1v) is 25.1. The van der Waals surface area contributed by atoms with Gasteiger partial charge in [-0.2, -0.15) is 5.26 Å². The minimum absolute atomic E-state index is 0.113. The van der Waals surface area contributed by atoms with Crippen LogP contribution < -0.4 is 0 Å². The summed E-state index contributed by atoms with van der Waals surface area (Å²) in [5, 5.41) is 25.0. The Morgan fingerprint density at radius 3 is 1.79 bits per heavy atom. The predicted octanol–water partition coefficient (Wildman–Crippen LogP) is 17.8. The summed E-state index contributed by atoms with van der Waals surface area (Å²) in [6.07, 6.45) is 1.92. The highest BCUT2D eigenvalue weighted by Crippen LogP contribution is 2.48. The topological polar surface area (TPSA) is 87.9 Å². The Labute approximate surface area is 427 Å². The van der Waals surface area contributed by atoms with E-state index in [-0.39, 0.29) is 22.0 Å². The fourth-order valence-corrected chi connectivity index (χ4v) is 10.2. The van der Waals surface area contributed by atoms with E-state index in [4.69, 9.17) is 14.4 Å². The Morgan fingerprint density at radius 1 is 0.507 bits per heavy atom. The molecule has 3 aromatic heterocycles. The number of furan rings is 1. The Kier molecular flexibility index (Phi) is 11.3. The van der Waals surface area contributed by atoms with Gasteiger partial charge in [0.15, 0.2) is 0 Å². The lowest BCUT2D eigenvalue weighted by atomic mass is 9.79. The molecule has 0 saturated carbocycles. The Hall–Kier alpha value is -8.53. The molecule has 0 aliphatic rings. The van der Waals surface area contributed by atoms with E-state index in [0.29, 0.717) is 28.1 Å². The highest BCUT2D eigenvalue weighted by molar-refractivity contribution is 6.15. The zero-order valence-corrected chi connectivity index (χ0v) is 43.0. The molecule has 0 atom stereocenters. The minimum atomic E-state index is -0.369. The second-order valence-corrected chi connectivity index (χ2v) is 22.4. The summed E-state index contributed by atoms with van der Waals surface area (Å²) in [4.78, 5) is 10.9. The normalized spacial score (nSPS) is 12.2. The Bertz CT molecular complexity index is 3950. The van der Waals surface area contributed by atoms with E-state index in [1.54, 1.807) is 0 Å². The zero-order valence-electron chi connectivity index (χ0n) is 43.0. The van der Waals surface area contributed by atoms with Crippen molar-refractivity contribution in [1.29, 1.82) is 5.26 Å². The summed E-state index contributed by atoms with van der Waals surface area (Å²) in [7, 11) is 0. The quantitative estimate of drug-likeness (QED) is 0.172. The number of hydrogen-bond acceptors (Lipinski definition) is 5. The number of imidazole rings is 1. The first-order chi connectivity index (χ1) is 35.0. The van der Waals surface area contributed by atoms with Crippen molar-refractivity contribution in [2.24, 2.45) is 0 Å². The molecule has 1 N–H and O–H groups in total. The van der Waals surface area contributed by atoms with E-state index >= 15 is 0 Å². The SMILES string of the molecule is CC(C)(C)c1ccc(-n2c(-c3cc(C(C)(C)C)cc(C(C)(C)C)c3O)nc3c(-c4cc(-c5ccc(-c6ccccc6)cn5)c5oc6c(-c7ccccc7)c(C#N)ccc6c5c4)cccc32)c(-c2ccccc2)c1. The summed E-state index contributed by atoms with van der Waals surface area (Å²) in [6, 6.07) is 63.1. The summed E-state index contributed by atoms with van der Waals surface area (Å²) in [5.74, 6) is 0.859. The molecular formula is C67H58N4O2. The van der Waals surface area contributed by atoms with Crippen molar-refractivity contribution in [3.63, 3.8) is 0 Å². The van der Waals surface area contributed by atoms with Crippen LogP contribution >= 0.6 is 0 Å². The number of aromatic nitrogens is 3. The van der Waals surface area contributed by atoms with Gasteiger partial charge in [-0.05, 0) is 104 Å². The fraction of sp³-hybridized carbons (Fsp3) is 0.179. The number of pyridine rings is 1. The zero-order chi connectivity index (χ0) is 51.0. The second-order valence-electron chi connectivity index (χ2n) is 22.4. The summed E-state index contributed by atoms with van der Waals surface area (Å²) >= 11 is 0. The molecule has 0 unspecified atom stereocenters. The molecule has 6 heteroatoms. The van der Waals surface area contributed by atoms with Crippen molar-refractivity contribution < 1.29 is 9.52 Å². The fourth-order valence-electron chi connectivity index (χ4n) is 10.2. The van der Waals surface area contributed by atoms with Gasteiger partial charge in [0.05, 0.1) is 39.6 Å². The molecule has 3 heterocycles. The molecule has 0 aliphatic heterocycles. The van der Waals surface area contributed by atoms with Gasteiger partial charge in [-0.15, -0.1) is 0 Å². The van der Waals surface area contributed by atoms with Crippen molar-refractivity contribution in [1.82, 2.24) is 14.5 Å². The van der Waals surface area contributed by atoms with Gasteiger partial charge in [-0.3, -0.25) is 9.55 Å². The molecule has 8 aromatic carbocycles. The highest BCUT2D eigenvalue weighted by Gasteiger charge is 2.30. The molecule has 73 heavy (non-hydrogen) atoms. The number of hydrogen-bond donors (Lipinski definition) is 1. The molecule has 0 radical (unpaired) electrons. The average Bonchev–Trinajstić information content (AvgIpc) is 3.97. The number of nitrogens with zero attached hydrogens (tertiary/aromatic N) is 4. The molecule has 11 rings (SSSR count). The number of benzene rings is 8. The number of rotatable bonds is 7. The molecule has 0 bridgehead atoms. The number of nitriles is 1. The van der Waals surface area contributed by atoms with Crippen LogP contribution in [0.2, 0.25) is 0 Å². The van der Waals surface area contributed by atoms with Gasteiger partial charge in [-0.1, -0.05) is 184 Å². The molecule has 358 valence electrons. The Balaban J connectivity index is 1.24. The molecule has 0 saturated heterocycles. The smallest absolute Gasteiger partial charge is 0.149 e. The van der Waals surface area contributed by atoms with Crippen molar-refractivity contribution in [2.75, 3.05) is 0 Å². The number of phenols is 1. The van der Waals surface area contributed by atoms with Crippen LogP contribution in [-0.2, 0) is 16.2 Å². The van der Waals surface area contributed by atoms with Crippen LogP contribution in [0.3, 0.4) is 0 Å². The van der Waals surface area contributed by atoms with Crippen LogP contribution in [0.25, 0.3) is 106 Å². The van der Waals surface area contributed by atoms with Gasteiger partial charge in [0.1, 0.15) is 22.7 Å². The number of aromatic hydroxyl groups is 1. The van der Waals surface area contributed by atoms with Crippen molar-refractivity contribution in [3.8, 4) is 84.7 Å². The van der Waals surface area contributed by atoms with E-state index in [9.17, 15) is 10.4 Å². The number of para-hydroxylation sites is 1. The summed E-state index contributed by atoms with van der Waals surface area (Å²) in [6.45, 7) is 19.9. The minimum Gasteiger partial charge on any atom is -0.507 e. The lowest BCUT2D eigenvalue weighted by Gasteiger charge is -2.28. The summed E-state index contributed by atoms with van der Waals surface area (Å²) < 4.78 is 9.30. The lowest BCUT2D eigenvalue weighted by molar-refractivity contribution is 0.446. The van der Waals surface area contributed by atoms with Crippen LogP contribution in [0.1, 0.15) is 84.6 Å². The maximum atomic E-state index is 12.7. The van der Waals surface area contributed by atoms with Gasteiger partial charge in [0.2, 0.25) is 0 Å². The standard InChI is InChI=1S/C67H58N4O2/c1-65(2,3)47-30-33-57(51(36-47)42-22-15-11-16-23-42)71-58-27-19-26-49(60(58)70-64(71)54-37-48(66(4,5)6)38-55(61(54)72)67(7,8)9)46-34-52-50-31-28-44(39-68)59(43-24-17-12-18-25-43)63(50)73-62(52)53(35-46)56-32-29-45(40-69-56)41-20-13-10-14-21-41/h10-38,40,72H,1-9H3. The van der Waals surface area contributed by atoms with Gasteiger partial charge >= 0.3 is 0 Å². The average molecular weight is 951 g/mol. The van der Waals surface area contributed by atoms with Crippen LogP contribution in [0.15, 0.2) is 187 Å². The molecule has 0 spiro atoms. The highest BCUT2D eigenvalue weighted by atomic mass is 16.3. The maximum absolute atomic E-state index is 12.7. The molecule has 11 aromatic rings. The largest absolute Gasteiger partial charge is 0.507 e. The third-order valence-corrected chi connectivity index (χ3v) is 14.3. The number of fused-ring (bicyclic) bond motifs is 4. The third-order valence-electron chi connectivity index (χ3n) is 14.3. The molecular weight excluding hydrogens is 893 g/mol. The van der Waals surface area contributed by atoms with Crippen LogP contribution in [0, 0.1) is 11.3 Å². The van der Waals surface area contributed by atoms with Crippen molar-refractivity contribution in [3.05, 3.63) is 204 Å². The van der Waals surface area contributed by atoms with E-state index in [1.165, 1.54) is 5.56 Å². The molecule has 0 aliphatic carbocycles. The van der Waals surface area contributed by atoms with E-state index in [0.717, 1.165) is 94.4 Å². The van der Waals surface area contributed by atoms with Crippen molar-refractivity contribution >= 4 is 33.0 Å². The van der Waals surface area contributed by atoms with Crippen LogP contribution in [0.4, 0.5) is 0 Å². The van der Waals surface area contributed by atoms with E-state index in [2.05, 4.69) is 188 Å². The maximum Gasteiger partial charge on any atom is 0.149 e. The molecule has 0 amide bonds. The monoisotopic (exact) mass is 950 g/mol. The first-order valence-electron chi connectivity index (χ1n) is 25.1. The molecule has 0 fully saturated rings. The van der Waals surface area contributed by atoms with Crippen molar-refractivity contribution in [2.45, 2.75) is 78.6 Å². The van der Waals surface area contributed by atoms with E-state index in [1.807, 2.05) is 66.9 Å². The number of phenolic OH excluding ortho intramolecular Hbond substituents is 1. The van der Waals surface area contributed by atoms with Gasteiger partial charge in [0.25, 0.3) is 0 Å². The molecule has 6 nitrogen and oxygen atoms in total. The second kappa shape index (κ2) is 17.6. The third kappa shape index (κ3) is 8.35. The van der Waals surface area contributed by atoms with Crippen LogP contribution in [0.5, 0.6) is 5.75 Å². The first kappa shape index (κ1) is 46.8. The Morgan fingerprint density at radius 2 is 1.16 bits per heavy atom. The van der Waals surface area contributed by atoms with Gasteiger partial charge in [0, 0.05) is 50.4 Å². The van der Waals surface area contributed by atoms with Gasteiger partial charge < -0.3 is 9.52 Å². The van der Waals surface area contributed by atoms with Gasteiger partial charge in [-0.25, -0.2) is 4.98 Å². The lowest BCUT2D eigenvalue weighted by Crippen LogP contribution is -2.17. The predicted molar refractivity (Wildman–Crippen MR) is 301 cm³/mol.